The lowest BCUT2D eigenvalue weighted by Gasteiger charge is -2.14. The quantitative estimate of drug-likeness (QED) is 0.695. The number of H-pyrrole nitrogens is 1. The van der Waals surface area contributed by atoms with Crippen molar-refractivity contribution in [2.75, 3.05) is 0 Å². The Hall–Kier alpha value is -2.64. The molecule has 1 atom stereocenters. The molecule has 0 bridgehead atoms. The molecule has 8 heteroatoms. The lowest BCUT2D eigenvalue weighted by Crippen LogP contribution is -2.44. The summed E-state index contributed by atoms with van der Waals surface area (Å²) in [5, 5.41) is 15.8. The second-order valence-corrected chi connectivity index (χ2v) is 4.82. The molecule has 21 heavy (non-hydrogen) atoms. The number of rotatable bonds is 6. The molecule has 3 N–H and O–H groups in total. The van der Waals surface area contributed by atoms with E-state index in [-0.39, 0.29) is 13.0 Å². The molecule has 2 rings (SSSR count). The van der Waals surface area contributed by atoms with Crippen LogP contribution in [0.25, 0.3) is 0 Å². The zero-order valence-electron chi connectivity index (χ0n) is 11.8. The van der Waals surface area contributed by atoms with Gasteiger partial charge in [0.05, 0.1) is 12.0 Å². The summed E-state index contributed by atoms with van der Waals surface area (Å²) in [4.78, 5) is 29.8. The summed E-state index contributed by atoms with van der Waals surface area (Å²) in [5.41, 5.74) is 2.31. The van der Waals surface area contributed by atoms with Gasteiger partial charge in [0.25, 0.3) is 0 Å². The monoisotopic (exact) mass is 291 g/mol. The molecular weight excluding hydrogens is 274 g/mol. The largest absolute Gasteiger partial charge is 0.480 e. The Morgan fingerprint density at radius 2 is 2.24 bits per heavy atom. The lowest BCUT2D eigenvalue weighted by atomic mass is 10.1. The van der Waals surface area contributed by atoms with Crippen LogP contribution in [0.5, 0.6) is 0 Å². The van der Waals surface area contributed by atoms with Crippen LogP contribution >= 0.6 is 0 Å². The van der Waals surface area contributed by atoms with Crippen LogP contribution in [-0.2, 0) is 22.6 Å². The molecule has 1 amide bonds. The lowest BCUT2D eigenvalue weighted by molar-refractivity contribution is -0.141. The fourth-order valence-electron chi connectivity index (χ4n) is 2.03. The Kier molecular flexibility index (Phi) is 4.36. The zero-order valence-corrected chi connectivity index (χ0v) is 11.8. The summed E-state index contributed by atoms with van der Waals surface area (Å²) < 4.78 is 1.54. The van der Waals surface area contributed by atoms with Crippen molar-refractivity contribution >= 4 is 11.9 Å². The first-order chi connectivity index (χ1) is 9.95. The Labute approximate surface area is 121 Å². The second kappa shape index (κ2) is 6.21. The third-order valence-corrected chi connectivity index (χ3v) is 3.01. The van der Waals surface area contributed by atoms with Crippen LogP contribution in [-0.4, -0.2) is 42.8 Å². The SMILES string of the molecule is Cc1cc(C)n(CC(=O)NC(Cc2cnc[nH]2)C(=O)O)n1. The first kappa shape index (κ1) is 14.8. The van der Waals surface area contributed by atoms with Crippen LogP contribution in [0.15, 0.2) is 18.6 Å². The van der Waals surface area contributed by atoms with E-state index in [1.165, 1.54) is 12.5 Å². The highest BCUT2D eigenvalue weighted by Crippen LogP contribution is 2.02. The standard InChI is InChI=1S/C13H17N5O3/c1-8-3-9(2)18(17-8)6-12(19)16-11(13(20)21)4-10-5-14-7-15-10/h3,5,7,11H,4,6H2,1-2H3,(H,14,15)(H,16,19)(H,20,21). The van der Waals surface area contributed by atoms with Crippen molar-refractivity contribution in [2.24, 2.45) is 0 Å². The van der Waals surface area contributed by atoms with Gasteiger partial charge in [0.15, 0.2) is 0 Å². The van der Waals surface area contributed by atoms with Gasteiger partial charge in [-0.1, -0.05) is 0 Å². The smallest absolute Gasteiger partial charge is 0.326 e. The van der Waals surface area contributed by atoms with Gasteiger partial charge in [-0.3, -0.25) is 9.48 Å². The Morgan fingerprint density at radius 3 is 2.76 bits per heavy atom. The van der Waals surface area contributed by atoms with Gasteiger partial charge in [0.1, 0.15) is 12.6 Å². The number of hydrogen-bond acceptors (Lipinski definition) is 4. The van der Waals surface area contributed by atoms with Gasteiger partial charge in [-0.05, 0) is 19.9 Å². The summed E-state index contributed by atoms with van der Waals surface area (Å²) in [5.74, 6) is -1.49. The topological polar surface area (TPSA) is 113 Å². The third-order valence-electron chi connectivity index (χ3n) is 3.01. The minimum absolute atomic E-state index is 0.00751. The molecule has 0 aliphatic rings. The number of imidazole rings is 1. The molecule has 0 fully saturated rings. The maximum Gasteiger partial charge on any atom is 0.326 e. The van der Waals surface area contributed by atoms with E-state index in [0.717, 1.165) is 11.4 Å². The number of nitrogens with zero attached hydrogens (tertiary/aromatic N) is 3. The number of aromatic nitrogens is 4. The minimum Gasteiger partial charge on any atom is -0.480 e. The summed E-state index contributed by atoms with van der Waals surface area (Å²) in [7, 11) is 0. The predicted octanol–water partition coefficient (Wildman–Crippen LogP) is 0.0351. The summed E-state index contributed by atoms with van der Waals surface area (Å²) >= 11 is 0. The minimum atomic E-state index is -1.09. The highest BCUT2D eigenvalue weighted by Gasteiger charge is 2.21. The molecule has 0 saturated heterocycles. The number of carboxylic acid groups (broad SMARTS) is 1. The average molecular weight is 291 g/mol. The van der Waals surface area contributed by atoms with Gasteiger partial charge in [-0.25, -0.2) is 9.78 Å². The number of nitrogens with one attached hydrogen (secondary N) is 2. The highest BCUT2D eigenvalue weighted by molar-refractivity contribution is 5.83. The van der Waals surface area contributed by atoms with E-state index in [1.54, 1.807) is 4.68 Å². The highest BCUT2D eigenvalue weighted by atomic mass is 16.4. The van der Waals surface area contributed by atoms with Gasteiger partial charge in [0, 0.05) is 24.0 Å². The van der Waals surface area contributed by atoms with E-state index in [0.29, 0.717) is 5.69 Å². The molecule has 0 radical (unpaired) electrons. The fraction of sp³-hybridized carbons (Fsp3) is 0.385. The molecule has 0 spiro atoms. The van der Waals surface area contributed by atoms with E-state index in [9.17, 15) is 14.7 Å². The van der Waals surface area contributed by atoms with E-state index >= 15 is 0 Å². The molecule has 0 saturated carbocycles. The van der Waals surface area contributed by atoms with Crippen molar-refractivity contribution in [1.82, 2.24) is 25.1 Å². The summed E-state index contributed by atoms with van der Waals surface area (Å²) in [6, 6.07) is 0.849. The van der Waals surface area contributed by atoms with Crippen molar-refractivity contribution in [1.29, 1.82) is 0 Å². The van der Waals surface area contributed by atoms with Crippen LogP contribution in [0.3, 0.4) is 0 Å². The third kappa shape index (κ3) is 3.91. The molecular formula is C13H17N5O3. The Bertz CT molecular complexity index is 632. The number of carbonyl (C=O) groups excluding carboxylic acids is 1. The molecule has 0 aliphatic heterocycles. The zero-order chi connectivity index (χ0) is 15.4. The van der Waals surface area contributed by atoms with Crippen molar-refractivity contribution in [3.05, 3.63) is 35.7 Å². The first-order valence-corrected chi connectivity index (χ1v) is 6.46. The molecule has 0 aromatic carbocycles. The number of amides is 1. The molecule has 1 unspecified atom stereocenters. The van der Waals surface area contributed by atoms with Crippen LogP contribution in [0.2, 0.25) is 0 Å². The number of carbonyl (C=O) groups is 2. The molecule has 112 valence electrons. The van der Waals surface area contributed by atoms with Crippen LogP contribution in [0.4, 0.5) is 0 Å². The van der Waals surface area contributed by atoms with Gasteiger partial charge >= 0.3 is 5.97 Å². The number of carboxylic acids is 1. The van der Waals surface area contributed by atoms with E-state index in [2.05, 4.69) is 20.4 Å². The maximum absolute atomic E-state index is 12.0. The van der Waals surface area contributed by atoms with Crippen molar-refractivity contribution in [3.63, 3.8) is 0 Å². The normalized spacial score (nSPS) is 12.1. The number of aliphatic carboxylic acids is 1. The van der Waals surface area contributed by atoms with Crippen molar-refractivity contribution in [2.45, 2.75) is 32.9 Å². The van der Waals surface area contributed by atoms with E-state index < -0.39 is 17.9 Å². The second-order valence-electron chi connectivity index (χ2n) is 4.82. The predicted molar refractivity (Wildman–Crippen MR) is 73.6 cm³/mol. The Balaban J connectivity index is 1.98. The van der Waals surface area contributed by atoms with Crippen LogP contribution < -0.4 is 5.32 Å². The molecule has 8 nitrogen and oxygen atoms in total. The average Bonchev–Trinajstić information content (AvgIpc) is 2.99. The van der Waals surface area contributed by atoms with E-state index in [4.69, 9.17) is 0 Å². The van der Waals surface area contributed by atoms with E-state index in [1.807, 2.05) is 19.9 Å². The Morgan fingerprint density at radius 1 is 1.48 bits per heavy atom. The number of aryl methyl sites for hydroxylation is 2. The fourth-order valence-corrected chi connectivity index (χ4v) is 2.03. The van der Waals surface area contributed by atoms with Gasteiger partial charge in [-0.15, -0.1) is 0 Å². The molecule has 2 heterocycles. The molecule has 2 aromatic rings. The van der Waals surface area contributed by atoms with Gasteiger partial charge < -0.3 is 15.4 Å². The van der Waals surface area contributed by atoms with Crippen LogP contribution in [0.1, 0.15) is 17.1 Å². The van der Waals surface area contributed by atoms with Gasteiger partial charge in [0.2, 0.25) is 5.91 Å². The van der Waals surface area contributed by atoms with Crippen molar-refractivity contribution < 1.29 is 14.7 Å². The number of aromatic amines is 1. The van der Waals surface area contributed by atoms with Gasteiger partial charge in [-0.2, -0.15) is 5.10 Å². The summed E-state index contributed by atoms with van der Waals surface area (Å²) in [6.45, 7) is 3.67. The molecule has 0 aliphatic carbocycles. The first-order valence-electron chi connectivity index (χ1n) is 6.46. The van der Waals surface area contributed by atoms with Crippen molar-refractivity contribution in [3.8, 4) is 0 Å². The van der Waals surface area contributed by atoms with Crippen LogP contribution in [0, 0.1) is 13.8 Å². The maximum atomic E-state index is 12.0. The molecule has 2 aromatic heterocycles. The number of hydrogen-bond donors (Lipinski definition) is 3. The summed E-state index contributed by atoms with van der Waals surface area (Å²) in [6.07, 6.45) is 3.15.